The van der Waals surface area contributed by atoms with Crippen LogP contribution in [-0.2, 0) is 5.54 Å². The van der Waals surface area contributed by atoms with Gasteiger partial charge in [-0.15, -0.1) is 0 Å². The van der Waals surface area contributed by atoms with Crippen molar-refractivity contribution in [1.29, 1.82) is 0 Å². The van der Waals surface area contributed by atoms with Crippen LogP contribution in [0.3, 0.4) is 0 Å². The Bertz CT molecular complexity index is 502. The van der Waals surface area contributed by atoms with Crippen LogP contribution in [0.25, 0.3) is 0 Å². The van der Waals surface area contributed by atoms with Crippen LogP contribution in [0.5, 0.6) is 5.75 Å². The van der Waals surface area contributed by atoms with Gasteiger partial charge >= 0.3 is 0 Å². The fourth-order valence-corrected chi connectivity index (χ4v) is 3.58. The van der Waals surface area contributed by atoms with Gasteiger partial charge in [-0.1, -0.05) is 0 Å². The predicted molar refractivity (Wildman–Crippen MR) is 80.9 cm³/mol. The van der Waals surface area contributed by atoms with Gasteiger partial charge in [0.2, 0.25) is 0 Å². The van der Waals surface area contributed by atoms with Gasteiger partial charge in [0.1, 0.15) is 11.6 Å². The highest BCUT2D eigenvalue weighted by Gasteiger charge is 2.41. The van der Waals surface area contributed by atoms with Crippen LogP contribution >= 0.6 is 0 Å². The molecule has 116 valence electrons. The van der Waals surface area contributed by atoms with E-state index < -0.39 is 0 Å². The largest absolute Gasteiger partial charge is 0.493 e. The molecule has 4 nitrogen and oxygen atoms in total. The minimum atomic E-state index is -0.296. The molecule has 2 heterocycles. The topological polar surface area (TPSA) is 41.7 Å². The van der Waals surface area contributed by atoms with Crippen LogP contribution in [0.15, 0.2) is 18.2 Å². The van der Waals surface area contributed by atoms with Gasteiger partial charge < -0.3 is 15.4 Å². The lowest BCUT2D eigenvalue weighted by molar-refractivity contribution is 0.0360. The number of rotatable bonds is 2. The molecule has 1 aromatic carbocycles. The Labute approximate surface area is 125 Å². The minimum Gasteiger partial charge on any atom is -0.493 e. The van der Waals surface area contributed by atoms with Crippen LogP contribution in [0, 0.1) is 5.82 Å². The minimum absolute atomic E-state index is 0.216. The third-order valence-corrected chi connectivity index (χ3v) is 4.88. The molecular weight excluding hydrogens is 269 g/mol. The molecule has 1 fully saturated rings. The first kappa shape index (κ1) is 14.8. The number of benzene rings is 1. The van der Waals surface area contributed by atoms with E-state index in [-0.39, 0.29) is 11.4 Å². The quantitative estimate of drug-likeness (QED) is 0.895. The standard InChI is InChI=1S/C16H24FN3O/c1-19-6-8-20(9-7-19)16(12-18)5-2-10-21-15-4-3-13(17)11-14(15)16/h3-4,11H,2,5-10,12,18H2,1H3. The smallest absolute Gasteiger partial charge is 0.124 e. The highest BCUT2D eigenvalue weighted by atomic mass is 19.1. The highest BCUT2D eigenvalue weighted by molar-refractivity contribution is 5.41. The number of piperazine rings is 1. The van der Waals surface area contributed by atoms with Crippen LogP contribution in [0.2, 0.25) is 0 Å². The van der Waals surface area contributed by atoms with Gasteiger partial charge in [0.25, 0.3) is 0 Å². The zero-order valence-electron chi connectivity index (χ0n) is 12.6. The van der Waals surface area contributed by atoms with Crippen molar-refractivity contribution in [2.45, 2.75) is 18.4 Å². The lowest BCUT2D eigenvalue weighted by Crippen LogP contribution is -2.57. The van der Waals surface area contributed by atoms with Crippen molar-refractivity contribution >= 4 is 0 Å². The van der Waals surface area contributed by atoms with Crippen LogP contribution in [0.1, 0.15) is 18.4 Å². The van der Waals surface area contributed by atoms with E-state index in [2.05, 4.69) is 16.8 Å². The molecule has 5 heteroatoms. The Kier molecular flexibility index (Phi) is 4.15. The molecule has 2 N–H and O–H groups in total. The van der Waals surface area contributed by atoms with Crippen molar-refractivity contribution in [3.63, 3.8) is 0 Å². The number of nitrogens with two attached hydrogens (primary N) is 1. The molecule has 0 spiro atoms. The molecule has 0 bridgehead atoms. The SMILES string of the molecule is CN1CCN(C2(CN)CCCOc3ccc(F)cc32)CC1. The predicted octanol–water partition coefficient (Wildman–Crippen LogP) is 1.40. The summed E-state index contributed by atoms with van der Waals surface area (Å²) in [4.78, 5) is 4.75. The molecule has 0 amide bonds. The maximum atomic E-state index is 13.8. The van der Waals surface area contributed by atoms with Crippen molar-refractivity contribution in [1.82, 2.24) is 9.80 Å². The van der Waals surface area contributed by atoms with Crippen molar-refractivity contribution in [2.24, 2.45) is 5.73 Å². The van der Waals surface area contributed by atoms with Crippen molar-refractivity contribution in [3.05, 3.63) is 29.6 Å². The molecule has 2 aliphatic rings. The third kappa shape index (κ3) is 2.65. The van der Waals surface area contributed by atoms with Crippen LogP contribution in [-0.4, -0.2) is 56.2 Å². The molecule has 0 aromatic heterocycles. The van der Waals surface area contributed by atoms with Crippen molar-refractivity contribution in [2.75, 3.05) is 46.4 Å². The van der Waals surface area contributed by atoms with E-state index in [1.165, 1.54) is 6.07 Å². The summed E-state index contributed by atoms with van der Waals surface area (Å²) in [5.41, 5.74) is 6.83. The van der Waals surface area contributed by atoms with Gasteiger partial charge in [0.15, 0.2) is 0 Å². The summed E-state index contributed by atoms with van der Waals surface area (Å²) < 4.78 is 19.6. The lowest BCUT2D eigenvalue weighted by atomic mass is 9.83. The Morgan fingerprint density at radius 3 is 2.76 bits per heavy atom. The van der Waals surface area contributed by atoms with Gasteiger partial charge in [-0.3, -0.25) is 4.90 Å². The van der Waals surface area contributed by atoms with E-state index in [0.29, 0.717) is 13.2 Å². The van der Waals surface area contributed by atoms with Gasteiger partial charge in [0.05, 0.1) is 12.1 Å². The van der Waals surface area contributed by atoms with Gasteiger partial charge in [-0.25, -0.2) is 4.39 Å². The summed E-state index contributed by atoms with van der Waals surface area (Å²) in [5.74, 6) is 0.574. The molecule has 0 radical (unpaired) electrons. The Morgan fingerprint density at radius 2 is 2.05 bits per heavy atom. The summed E-state index contributed by atoms with van der Waals surface area (Å²) in [5, 5.41) is 0. The molecular formula is C16H24FN3O. The summed E-state index contributed by atoms with van der Waals surface area (Å²) >= 11 is 0. The second-order valence-electron chi connectivity index (χ2n) is 6.12. The van der Waals surface area contributed by atoms with Gasteiger partial charge in [0, 0.05) is 38.3 Å². The molecule has 1 atom stereocenters. The fourth-order valence-electron chi connectivity index (χ4n) is 3.58. The first-order chi connectivity index (χ1) is 10.2. The molecule has 1 aromatic rings. The summed E-state index contributed by atoms with van der Waals surface area (Å²) in [6.07, 6.45) is 1.86. The van der Waals surface area contributed by atoms with Crippen molar-refractivity contribution in [3.8, 4) is 5.75 Å². The second-order valence-corrected chi connectivity index (χ2v) is 6.12. The van der Waals surface area contributed by atoms with E-state index in [1.807, 2.05) is 0 Å². The average molecular weight is 293 g/mol. The Morgan fingerprint density at radius 1 is 1.29 bits per heavy atom. The molecule has 21 heavy (non-hydrogen) atoms. The number of ether oxygens (including phenoxy) is 1. The van der Waals surface area contributed by atoms with E-state index >= 15 is 0 Å². The molecule has 1 unspecified atom stereocenters. The molecule has 2 aliphatic heterocycles. The number of halogens is 1. The lowest BCUT2D eigenvalue weighted by Gasteiger charge is -2.47. The molecule has 3 rings (SSSR count). The number of hydrogen-bond donors (Lipinski definition) is 1. The summed E-state index contributed by atoms with van der Waals surface area (Å²) in [6.45, 7) is 5.14. The zero-order chi connectivity index (χ0) is 14.9. The number of fused-ring (bicyclic) bond motifs is 1. The van der Waals surface area contributed by atoms with E-state index in [9.17, 15) is 4.39 Å². The molecule has 0 saturated carbocycles. The van der Waals surface area contributed by atoms with Gasteiger partial charge in [-0.05, 0) is 38.1 Å². The van der Waals surface area contributed by atoms with Crippen LogP contribution in [0.4, 0.5) is 4.39 Å². The molecule has 1 saturated heterocycles. The first-order valence-corrected chi connectivity index (χ1v) is 7.72. The maximum Gasteiger partial charge on any atom is 0.124 e. The zero-order valence-corrected chi connectivity index (χ0v) is 12.6. The Balaban J connectivity index is 2.02. The Hall–Kier alpha value is -1.17. The average Bonchev–Trinajstić information content (AvgIpc) is 2.68. The summed E-state index contributed by atoms with van der Waals surface area (Å²) in [7, 11) is 2.14. The third-order valence-electron chi connectivity index (χ3n) is 4.88. The normalized spacial score (nSPS) is 27.8. The maximum absolute atomic E-state index is 13.8. The highest BCUT2D eigenvalue weighted by Crippen LogP contribution is 2.41. The fraction of sp³-hybridized carbons (Fsp3) is 0.625. The monoisotopic (exact) mass is 293 g/mol. The van der Waals surface area contributed by atoms with E-state index in [4.69, 9.17) is 10.5 Å². The van der Waals surface area contributed by atoms with Crippen LogP contribution < -0.4 is 10.5 Å². The van der Waals surface area contributed by atoms with Crippen molar-refractivity contribution < 1.29 is 9.13 Å². The summed E-state index contributed by atoms with van der Waals surface area (Å²) in [6, 6.07) is 4.83. The first-order valence-electron chi connectivity index (χ1n) is 7.72. The molecule has 0 aliphatic carbocycles. The van der Waals surface area contributed by atoms with Gasteiger partial charge in [-0.2, -0.15) is 0 Å². The number of likely N-dealkylation sites (N-methyl/N-ethyl adjacent to an activating group) is 1. The number of hydrogen-bond acceptors (Lipinski definition) is 4. The van der Waals surface area contributed by atoms with E-state index in [0.717, 1.165) is 50.3 Å². The second kappa shape index (κ2) is 5.91. The van der Waals surface area contributed by atoms with E-state index in [1.54, 1.807) is 12.1 Å². The number of nitrogens with zero attached hydrogens (tertiary/aromatic N) is 2.